The summed E-state index contributed by atoms with van der Waals surface area (Å²) in [6.07, 6.45) is 18.6. The van der Waals surface area contributed by atoms with Crippen molar-refractivity contribution < 1.29 is 63.9 Å². The molecule has 0 fully saturated rings. The third-order valence-corrected chi connectivity index (χ3v) is 6.11. The van der Waals surface area contributed by atoms with Crippen molar-refractivity contribution in [3.05, 3.63) is 0 Å². The van der Waals surface area contributed by atoms with Crippen LogP contribution in [0.15, 0.2) is 0 Å². The maximum Gasteiger partial charge on any atom is 1.00 e. The van der Waals surface area contributed by atoms with Crippen molar-refractivity contribution in [1.82, 2.24) is 6.15 Å². The van der Waals surface area contributed by atoms with E-state index < -0.39 is 20.8 Å². The Morgan fingerprint density at radius 2 is 1.12 bits per heavy atom. The van der Waals surface area contributed by atoms with Crippen LogP contribution in [0.5, 0.6) is 0 Å². The first-order valence-corrected chi connectivity index (χ1v) is 15.0. The summed E-state index contributed by atoms with van der Waals surface area (Å²) in [6.45, 7) is 6.39. The van der Waals surface area contributed by atoms with Gasteiger partial charge >= 0.3 is 40.0 Å². The van der Waals surface area contributed by atoms with Gasteiger partial charge in [-0.1, -0.05) is 111 Å². The van der Waals surface area contributed by atoms with Crippen LogP contribution in [0, 0.1) is 5.92 Å². The van der Waals surface area contributed by atoms with Gasteiger partial charge in [-0.3, -0.25) is 8.74 Å². The molecule has 0 heterocycles. The number of rotatable bonds is 21. The minimum atomic E-state index is -4.50. The molecule has 0 saturated heterocycles. The molecule has 0 aliphatic rings. The maximum absolute atomic E-state index is 10.3. The van der Waals surface area contributed by atoms with Crippen molar-refractivity contribution in [2.75, 3.05) is 13.2 Å². The summed E-state index contributed by atoms with van der Waals surface area (Å²) < 4.78 is 67.8. The molecular formula is C22H50NNaO8S2. The van der Waals surface area contributed by atoms with Crippen LogP contribution in [0.2, 0.25) is 0 Å². The predicted molar refractivity (Wildman–Crippen MR) is 133 cm³/mol. The molecule has 0 saturated carbocycles. The molecule has 4 N–H and O–H groups in total. The van der Waals surface area contributed by atoms with Gasteiger partial charge in [0.05, 0.1) is 13.2 Å². The SMILES string of the molecule is CCCCC(CC)COS(=O)(=O)[O-].CCCCCCCCCCCCCCOS(=O)(=O)O.N.[Na+]. The molecule has 0 bridgehead atoms. The van der Waals surface area contributed by atoms with Crippen LogP contribution in [-0.4, -0.2) is 39.2 Å². The Balaban J connectivity index is -0.000000266. The first kappa shape index (κ1) is 41.8. The van der Waals surface area contributed by atoms with Gasteiger partial charge in [0.15, 0.2) is 0 Å². The van der Waals surface area contributed by atoms with E-state index in [2.05, 4.69) is 22.2 Å². The van der Waals surface area contributed by atoms with E-state index in [0.717, 1.165) is 38.5 Å². The van der Waals surface area contributed by atoms with Crippen LogP contribution in [0.1, 0.15) is 124 Å². The monoisotopic (exact) mass is 543 g/mol. The van der Waals surface area contributed by atoms with E-state index >= 15 is 0 Å². The van der Waals surface area contributed by atoms with E-state index in [1.165, 1.54) is 57.8 Å². The zero-order valence-corrected chi connectivity index (χ0v) is 25.8. The molecule has 34 heavy (non-hydrogen) atoms. The summed E-state index contributed by atoms with van der Waals surface area (Å²) in [5.41, 5.74) is 0. The second-order valence-electron chi connectivity index (χ2n) is 8.25. The molecular weight excluding hydrogens is 493 g/mol. The summed E-state index contributed by atoms with van der Waals surface area (Å²) in [5, 5.41) is 0. The van der Waals surface area contributed by atoms with E-state index in [0.29, 0.717) is 6.42 Å². The molecule has 0 aromatic rings. The van der Waals surface area contributed by atoms with Gasteiger partial charge in [0.2, 0.25) is 10.4 Å². The van der Waals surface area contributed by atoms with Gasteiger partial charge in [-0.25, -0.2) is 12.6 Å². The van der Waals surface area contributed by atoms with Gasteiger partial charge < -0.3 is 10.7 Å². The second kappa shape index (κ2) is 28.3. The second-order valence-corrected chi connectivity index (χ2v) is 10.4. The Morgan fingerprint density at radius 3 is 1.47 bits per heavy atom. The molecule has 12 heteroatoms. The maximum atomic E-state index is 10.3. The Bertz CT molecular complexity index is 604. The Hall–Kier alpha value is 0.700. The van der Waals surface area contributed by atoms with Crippen LogP contribution < -0.4 is 35.7 Å². The molecule has 0 aliphatic heterocycles. The largest absolute Gasteiger partial charge is 1.00 e. The molecule has 0 rings (SSSR count). The zero-order valence-electron chi connectivity index (χ0n) is 22.1. The molecule has 204 valence electrons. The number of hydrogen-bond acceptors (Lipinski definition) is 8. The fourth-order valence-electron chi connectivity index (χ4n) is 3.18. The van der Waals surface area contributed by atoms with E-state index in [9.17, 15) is 21.4 Å². The van der Waals surface area contributed by atoms with Crippen LogP contribution in [0.3, 0.4) is 0 Å². The van der Waals surface area contributed by atoms with Crippen LogP contribution in [-0.2, 0) is 29.2 Å². The summed E-state index contributed by atoms with van der Waals surface area (Å²) in [6, 6.07) is 0. The van der Waals surface area contributed by atoms with E-state index in [1.54, 1.807) is 0 Å². The summed E-state index contributed by atoms with van der Waals surface area (Å²) >= 11 is 0. The minimum Gasteiger partial charge on any atom is -0.726 e. The van der Waals surface area contributed by atoms with Gasteiger partial charge in [-0.05, 0) is 18.8 Å². The molecule has 1 unspecified atom stereocenters. The van der Waals surface area contributed by atoms with Gasteiger partial charge in [0, 0.05) is 0 Å². The Labute approximate surface area is 232 Å². The summed E-state index contributed by atoms with van der Waals surface area (Å²) in [4.78, 5) is 0. The number of hydrogen-bond donors (Lipinski definition) is 2. The van der Waals surface area contributed by atoms with Gasteiger partial charge in [0.1, 0.15) is 0 Å². The average Bonchev–Trinajstić information content (AvgIpc) is 2.70. The normalized spacial score (nSPS) is 12.1. The molecule has 0 aliphatic carbocycles. The third-order valence-electron chi connectivity index (χ3n) is 5.22. The van der Waals surface area contributed by atoms with Gasteiger partial charge in [0.25, 0.3) is 0 Å². The summed E-state index contributed by atoms with van der Waals surface area (Å²) in [5.74, 6) is 0.184. The van der Waals surface area contributed by atoms with E-state index in [-0.39, 0.29) is 54.8 Å². The Kier molecular flexibility index (Phi) is 34.8. The smallest absolute Gasteiger partial charge is 0.726 e. The van der Waals surface area contributed by atoms with Gasteiger partial charge in [-0.15, -0.1) is 0 Å². The predicted octanol–water partition coefficient (Wildman–Crippen LogP) is 3.35. The first-order valence-electron chi connectivity index (χ1n) is 12.3. The molecule has 1 atom stereocenters. The van der Waals surface area contributed by atoms with Crippen molar-refractivity contribution in [1.29, 1.82) is 0 Å². The minimum absolute atomic E-state index is 0. The molecule has 0 spiro atoms. The van der Waals surface area contributed by atoms with Crippen molar-refractivity contribution in [2.24, 2.45) is 5.92 Å². The Morgan fingerprint density at radius 1 is 0.706 bits per heavy atom. The first-order chi connectivity index (χ1) is 15.1. The third kappa shape index (κ3) is 39.9. The fraction of sp³-hybridized carbons (Fsp3) is 1.00. The van der Waals surface area contributed by atoms with E-state index in [1.807, 2.05) is 6.92 Å². The standard InChI is InChI=1S/C14H30O4S.C8H18O4S.H3N.Na/c1-2-3-4-5-6-7-8-9-10-11-12-13-14-18-19(15,16)17;1-3-5-6-8(4-2)7-12-13(9,10)11;;/h2-14H2,1H3,(H,15,16,17);8H,3-7H2,1-2H3,(H,9,10,11);1H3;/q;;;+1/p-1. The average molecular weight is 544 g/mol. The van der Waals surface area contributed by atoms with Gasteiger partial charge in [-0.2, -0.15) is 8.42 Å². The molecule has 9 nitrogen and oxygen atoms in total. The van der Waals surface area contributed by atoms with Crippen LogP contribution in [0.4, 0.5) is 0 Å². The molecule has 0 aromatic carbocycles. The number of unbranched alkanes of at least 4 members (excludes halogenated alkanes) is 12. The molecule has 0 amide bonds. The van der Waals surface area contributed by atoms with E-state index in [4.69, 9.17) is 4.55 Å². The zero-order chi connectivity index (χ0) is 24.7. The van der Waals surface area contributed by atoms with Crippen molar-refractivity contribution in [2.45, 2.75) is 124 Å². The molecule has 0 aromatic heterocycles. The van der Waals surface area contributed by atoms with Crippen molar-refractivity contribution in [3.8, 4) is 0 Å². The quantitative estimate of drug-likeness (QED) is 0.0955. The fourth-order valence-corrected chi connectivity index (χ4v) is 3.87. The van der Waals surface area contributed by atoms with Crippen molar-refractivity contribution in [3.63, 3.8) is 0 Å². The molecule has 0 radical (unpaired) electrons. The topological polar surface area (TPSA) is 165 Å². The van der Waals surface area contributed by atoms with Crippen molar-refractivity contribution >= 4 is 20.8 Å². The van der Waals surface area contributed by atoms with Crippen LogP contribution in [0.25, 0.3) is 0 Å². The van der Waals surface area contributed by atoms with Crippen LogP contribution >= 0.6 is 0 Å². The summed E-state index contributed by atoms with van der Waals surface area (Å²) in [7, 11) is -8.74.